The van der Waals surface area contributed by atoms with Crippen LogP contribution in [0.5, 0.6) is 5.75 Å². The smallest absolute Gasteiger partial charge is 0.406 e. The second kappa shape index (κ2) is 21.3. The summed E-state index contributed by atoms with van der Waals surface area (Å²) in [6, 6.07) is 13.7. The molecule has 3 N–H and O–H groups in total. The van der Waals surface area contributed by atoms with Crippen LogP contribution in [0.15, 0.2) is 95.2 Å². The summed E-state index contributed by atoms with van der Waals surface area (Å²) in [7, 11) is 3.69. The zero-order valence-corrected chi connectivity index (χ0v) is 27.9. The summed E-state index contributed by atoms with van der Waals surface area (Å²) in [5, 5.41) is 7.64. The van der Waals surface area contributed by atoms with Crippen LogP contribution in [0, 0.1) is 5.92 Å². The number of hydrogen-bond acceptors (Lipinski definition) is 7. The molecular weight excluding hydrogens is 595 g/mol. The van der Waals surface area contributed by atoms with Gasteiger partial charge in [0.1, 0.15) is 5.75 Å². The van der Waals surface area contributed by atoms with Crippen molar-refractivity contribution in [1.82, 2.24) is 20.0 Å². The first kappa shape index (κ1) is 37.7. The van der Waals surface area contributed by atoms with Crippen molar-refractivity contribution >= 4 is 28.8 Å². The number of aromatic nitrogens is 2. The standard InChI is InChI=1S/C15H19N3.C10H15N.C8H8F3NOS.C2H6/c1-2-6-12(7-3-1)10-16-15-17-11-13-8-4-5-9-14(13)18-15;1-3-9-5-4-6-10(11-2)8-7-9;1-12-14-7-4-2-6(3-5-7)13-8(9,10)11;1-2/h4-5,8-9,11-12H,1-3,6-7,10H2,(H,16,17,18);4-5,7-8,11H,3,6H2,1-2H3;2-5,12H,1H3;1-2H3. The van der Waals surface area contributed by atoms with Gasteiger partial charge in [0, 0.05) is 42.2 Å². The molecule has 45 heavy (non-hydrogen) atoms. The Balaban J connectivity index is 0.000000236. The number of halogens is 3. The van der Waals surface area contributed by atoms with Crippen molar-refractivity contribution in [1.29, 1.82) is 0 Å². The number of alkyl halides is 3. The maximum absolute atomic E-state index is 11.8. The summed E-state index contributed by atoms with van der Waals surface area (Å²) >= 11 is 1.32. The van der Waals surface area contributed by atoms with Gasteiger partial charge in [-0.25, -0.2) is 9.97 Å². The summed E-state index contributed by atoms with van der Waals surface area (Å²) in [6.07, 6.45) is 15.0. The minimum absolute atomic E-state index is 0.210. The zero-order valence-electron chi connectivity index (χ0n) is 27.1. The lowest BCUT2D eigenvalue weighted by atomic mass is 9.89. The van der Waals surface area contributed by atoms with Crippen molar-refractivity contribution in [2.45, 2.75) is 77.0 Å². The Morgan fingerprint density at radius 1 is 0.956 bits per heavy atom. The Bertz CT molecular complexity index is 1340. The van der Waals surface area contributed by atoms with Crippen LogP contribution in [0.2, 0.25) is 0 Å². The molecule has 2 aromatic carbocycles. The van der Waals surface area contributed by atoms with Crippen LogP contribution in [0.1, 0.15) is 65.7 Å². The van der Waals surface area contributed by atoms with E-state index in [1.54, 1.807) is 19.2 Å². The van der Waals surface area contributed by atoms with Crippen LogP contribution in [0.25, 0.3) is 10.9 Å². The van der Waals surface area contributed by atoms with Gasteiger partial charge in [0.15, 0.2) is 0 Å². The first-order chi connectivity index (χ1) is 21.8. The van der Waals surface area contributed by atoms with Crippen molar-refractivity contribution in [3.8, 4) is 5.75 Å². The molecule has 0 radical (unpaired) electrons. The molecule has 0 amide bonds. The van der Waals surface area contributed by atoms with Crippen LogP contribution < -0.4 is 20.1 Å². The fourth-order valence-corrected chi connectivity index (χ4v) is 5.11. The Hall–Kier alpha value is -3.50. The third kappa shape index (κ3) is 15.4. The molecule has 3 aromatic rings. The molecule has 6 nitrogen and oxygen atoms in total. The van der Waals surface area contributed by atoms with Gasteiger partial charge in [-0.3, -0.25) is 4.72 Å². The van der Waals surface area contributed by atoms with E-state index in [4.69, 9.17) is 0 Å². The minimum atomic E-state index is -4.63. The van der Waals surface area contributed by atoms with E-state index in [0.717, 1.165) is 47.1 Å². The molecule has 1 fully saturated rings. The largest absolute Gasteiger partial charge is 0.573 e. The highest BCUT2D eigenvalue weighted by atomic mass is 32.2. The average Bonchev–Trinajstić information content (AvgIpc) is 3.31. The van der Waals surface area contributed by atoms with Gasteiger partial charge >= 0.3 is 6.36 Å². The lowest BCUT2D eigenvalue weighted by Crippen LogP contribution is -2.18. The molecule has 5 rings (SSSR count). The molecule has 0 spiro atoms. The van der Waals surface area contributed by atoms with Gasteiger partial charge in [-0.1, -0.05) is 76.5 Å². The van der Waals surface area contributed by atoms with E-state index in [9.17, 15) is 13.2 Å². The highest BCUT2D eigenvalue weighted by Gasteiger charge is 2.30. The lowest BCUT2D eigenvalue weighted by Gasteiger charge is -2.21. The summed E-state index contributed by atoms with van der Waals surface area (Å²) in [6.45, 7) is 7.19. The van der Waals surface area contributed by atoms with Crippen LogP contribution in [-0.2, 0) is 0 Å². The van der Waals surface area contributed by atoms with Gasteiger partial charge in [-0.15, -0.1) is 13.2 Å². The van der Waals surface area contributed by atoms with Crippen molar-refractivity contribution in [3.63, 3.8) is 0 Å². The maximum Gasteiger partial charge on any atom is 0.573 e. The molecule has 1 aromatic heterocycles. The van der Waals surface area contributed by atoms with Crippen LogP contribution >= 0.6 is 11.9 Å². The number of rotatable bonds is 8. The number of para-hydroxylation sites is 1. The number of benzene rings is 2. The van der Waals surface area contributed by atoms with Crippen LogP contribution in [0.3, 0.4) is 0 Å². The molecular formula is C35H48F3N5OS. The van der Waals surface area contributed by atoms with E-state index in [0.29, 0.717) is 0 Å². The summed E-state index contributed by atoms with van der Waals surface area (Å²) in [5.74, 6) is 1.35. The van der Waals surface area contributed by atoms with Crippen molar-refractivity contribution in [2.24, 2.45) is 5.92 Å². The monoisotopic (exact) mass is 643 g/mol. The zero-order chi connectivity index (χ0) is 32.9. The quantitative estimate of drug-likeness (QED) is 0.211. The molecule has 10 heteroatoms. The van der Waals surface area contributed by atoms with Crippen molar-refractivity contribution < 1.29 is 17.9 Å². The van der Waals surface area contributed by atoms with Gasteiger partial charge in [0.05, 0.1) is 5.52 Å². The Labute approximate surface area is 271 Å². The molecule has 246 valence electrons. The minimum Gasteiger partial charge on any atom is -0.406 e. The van der Waals surface area contributed by atoms with Gasteiger partial charge in [-0.05, 0) is 86.2 Å². The van der Waals surface area contributed by atoms with Crippen LogP contribution in [0.4, 0.5) is 19.1 Å². The number of fused-ring (bicyclic) bond motifs is 1. The SMILES string of the molecule is CC.CCC1=CC=C(NC)CC=C1.CNSc1ccc(OC(F)(F)F)cc1.c1ccc2nc(NCC3CCCCC3)ncc2c1. The Morgan fingerprint density at radius 2 is 1.67 bits per heavy atom. The highest BCUT2D eigenvalue weighted by Crippen LogP contribution is 2.25. The predicted molar refractivity (Wildman–Crippen MR) is 183 cm³/mol. The van der Waals surface area contributed by atoms with Gasteiger partial charge < -0.3 is 15.4 Å². The third-order valence-electron chi connectivity index (χ3n) is 6.94. The molecule has 1 saturated carbocycles. The Kier molecular flexibility index (Phi) is 17.8. The lowest BCUT2D eigenvalue weighted by molar-refractivity contribution is -0.274. The summed E-state index contributed by atoms with van der Waals surface area (Å²) in [4.78, 5) is 9.73. The maximum atomic E-state index is 11.8. The highest BCUT2D eigenvalue weighted by molar-refractivity contribution is 7.97. The Morgan fingerprint density at radius 3 is 2.31 bits per heavy atom. The van der Waals surface area contributed by atoms with E-state index < -0.39 is 6.36 Å². The number of nitrogens with zero attached hydrogens (tertiary/aromatic N) is 2. The van der Waals surface area contributed by atoms with E-state index in [-0.39, 0.29) is 5.75 Å². The molecule has 2 aliphatic rings. The first-order valence-corrected chi connectivity index (χ1v) is 16.5. The molecule has 1 heterocycles. The van der Waals surface area contributed by atoms with E-state index in [1.807, 2.05) is 51.4 Å². The number of allylic oxidation sites excluding steroid dienone is 5. The van der Waals surface area contributed by atoms with Gasteiger partial charge in [0.2, 0.25) is 5.95 Å². The number of ether oxygens (including phenoxy) is 1. The number of anilines is 1. The first-order valence-electron chi connectivity index (χ1n) is 15.7. The second-order valence-corrected chi connectivity index (χ2v) is 11.2. The van der Waals surface area contributed by atoms with E-state index in [2.05, 4.69) is 61.3 Å². The fourth-order valence-electron chi connectivity index (χ4n) is 4.60. The van der Waals surface area contributed by atoms with E-state index in [1.165, 1.54) is 67.5 Å². The molecule has 0 atom stereocenters. The van der Waals surface area contributed by atoms with Crippen molar-refractivity contribution in [2.75, 3.05) is 26.0 Å². The molecule has 0 saturated heterocycles. The van der Waals surface area contributed by atoms with Gasteiger partial charge in [-0.2, -0.15) is 0 Å². The average molecular weight is 644 g/mol. The van der Waals surface area contributed by atoms with Crippen molar-refractivity contribution in [3.05, 3.63) is 90.3 Å². The topological polar surface area (TPSA) is 71.1 Å². The van der Waals surface area contributed by atoms with Crippen LogP contribution in [-0.4, -0.2) is 37.0 Å². The number of nitrogens with one attached hydrogen (secondary N) is 3. The summed E-state index contributed by atoms with van der Waals surface area (Å²) in [5.41, 5.74) is 3.69. The predicted octanol–water partition coefficient (Wildman–Crippen LogP) is 9.85. The summed E-state index contributed by atoms with van der Waals surface area (Å²) < 4.78 is 41.8. The van der Waals surface area contributed by atoms with Gasteiger partial charge in [0.25, 0.3) is 0 Å². The molecule has 0 aliphatic heterocycles. The third-order valence-corrected chi connectivity index (χ3v) is 7.65. The molecule has 2 aliphatic carbocycles. The van der Waals surface area contributed by atoms with E-state index >= 15 is 0 Å². The second-order valence-electron chi connectivity index (χ2n) is 10.1. The molecule has 0 unspecified atom stereocenters. The number of hydrogen-bond donors (Lipinski definition) is 3. The molecule has 0 bridgehead atoms. The normalized spacial score (nSPS) is 14.6. The fraction of sp³-hybridized carbons (Fsp3) is 0.429.